The smallest absolute Gasteiger partial charge is 0.0701 e. The van der Waals surface area contributed by atoms with Gasteiger partial charge in [0.15, 0.2) is 0 Å². The zero-order valence-corrected chi connectivity index (χ0v) is 9.45. The highest BCUT2D eigenvalue weighted by Gasteiger charge is 2.02. The van der Waals surface area contributed by atoms with Crippen molar-refractivity contribution in [1.29, 1.82) is 0 Å². The normalized spacial score (nSPS) is 19.7. The molecule has 0 aromatic carbocycles. The SMILES string of the molecule is CCOCCOCCNC1C=CC=CC1. The Morgan fingerprint density at radius 1 is 1.20 bits per heavy atom. The summed E-state index contributed by atoms with van der Waals surface area (Å²) in [7, 11) is 0. The summed E-state index contributed by atoms with van der Waals surface area (Å²) in [6.07, 6.45) is 9.59. The molecule has 3 nitrogen and oxygen atoms in total. The Morgan fingerprint density at radius 2 is 2.07 bits per heavy atom. The van der Waals surface area contributed by atoms with E-state index in [0.717, 1.165) is 26.2 Å². The molecule has 0 fully saturated rings. The lowest BCUT2D eigenvalue weighted by Crippen LogP contribution is -2.30. The Labute approximate surface area is 92.1 Å². The third-order valence-corrected chi connectivity index (χ3v) is 2.21. The molecule has 15 heavy (non-hydrogen) atoms. The molecule has 0 spiro atoms. The van der Waals surface area contributed by atoms with Crippen molar-refractivity contribution in [1.82, 2.24) is 5.32 Å². The van der Waals surface area contributed by atoms with Crippen LogP contribution >= 0.6 is 0 Å². The molecule has 0 aromatic rings. The molecule has 3 heteroatoms. The van der Waals surface area contributed by atoms with Gasteiger partial charge in [-0.15, -0.1) is 0 Å². The summed E-state index contributed by atoms with van der Waals surface area (Å²) in [5.74, 6) is 0. The molecule has 0 aromatic heterocycles. The lowest BCUT2D eigenvalue weighted by atomic mass is 10.1. The maximum atomic E-state index is 5.40. The van der Waals surface area contributed by atoms with E-state index < -0.39 is 0 Å². The first-order valence-corrected chi connectivity index (χ1v) is 5.65. The standard InChI is InChI=1S/C12H21NO2/c1-2-14-10-11-15-9-8-13-12-6-4-3-5-7-12/h3-6,12-13H,2,7-11H2,1H3. The minimum Gasteiger partial charge on any atom is -0.379 e. The van der Waals surface area contributed by atoms with Crippen LogP contribution < -0.4 is 5.32 Å². The van der Waals surface area contributed by atoms with Crippen molar-refractivity contribution in [2.24, 2.45) is 0 Å². The van der Waals surface area contributed by atoms with Crippen molar-refractivity contribution in [2.75, 3.05) is 33.0 Å². The second-order valence-electron chi connectivity index (χ2n) is 3.42. The third-order valence-electron chi connectivity index (χ3n) is 2.21. The molecule has 1 unspecified atom stereocenters. The zero-order chi connectivity index (χ0) is 10.8. The maximum absolute atomic E-state index is 5.40. The molecule has 1 N–H and O–H groups in total. The van der Waals surface area contributed by atoms with Crippen LogP contribution in [0.1, 0.15) is 13.3 Å². The number of allylic oxidation sites excluding steroid dienone is 2. The van der Waals surface area contributed by atoms with Crippen LogP contribution in [-0.4, -0.2) is 39.0 Å². The Bertz CT molecular complexity index is 202. The zero-order valence-electron chi connectivity index (χ0n) is 9.45. The fraction of sp³-hybridized carbons (Fsp3) is 0.667. The average Bonchev–Trinajstić information content (AvgIpc) is 2.29. The fourth-order valence-electron chi connectivity index (χ4n) is 1.41. The topological polar surface area (TPSA) is 30.5 Å². The van der Waals surface area contributed by atoms with E-state index in [1.807, 2.05) is 6.92 Å². The van der Waals surface area contributed by atoms with Crippen LogP contribution in [0.2, 0.25) is 0 Å². The Morgan fingerprint density at radius 3 is 2.80 bits per heavy atom. The highest BCUT2D eigenvalue weighted by molar-refractivity contribution is 5.13. The largest absolute Gasteiger partial charge is 0.379 e. The third kappa shape index (κ3) is 6.44. The molecular weight excluding hydrogens is 190 g/mol. The molecule has 0 radical (unpaired) electrons. The summed E-state index contributed by atoms with van der Waals surface area (Å²) in [6.45, 7) is 5.79. The quantitative estimate of drug-likeness (QED) is 0.617. The summed E-state index contributed by atoms with van der Waals surface area (Å²) < 4.78 is 10.6. The minimum absolute atomic E-state index is 0.477. The van der Waals surface area contributed by atoms with Crippen LogP contribution in [0.15, 0.2) is 24.3 Å². The highest BCUT2D eigenvalue weighted by Crippen LogP contribution is 2.01. The van der Waals surface area contributed by atoms with Gasteiger partial charge >= 0.3 is 0 Å². The van der Waals surface area contributed by atoms with E-state index in [1.54, 1.807) is 0 Å². The van der Waals surface area contributed by atoms with Gasteiger partial charge in [0.05, 0.1) is 19.8 Å². The van der Waals surface area contributed by atoms with E-state index in [-0.39, 0.29) is 0 Å². The van der Waals surface area contributed by atoms with E-state index in [1.165, 1.54) is 0 Å². The van der Waals surface area contributed by atoms with Gasteiger partial charge in [0, 0.05) is 19.2 Å². The van der Waals surface area contributed by atoms with Crippen LogP contribution in [0.4, 0.5) is 0 Å². The van der Waals surface area contributed by atoms with Crippen LogP contribution in [0, 0.1) is 0 Å². The minimum atomic E-state index is 0.477. The lowest BCUT2D eigenvalue weighted by molar-refractivity contribution is 0.0536. The second-order valence-corrected chi connectivity index (χ2v) is 3.42. The first kappa shape index (κ1) is 12.4. The predicted octanol–water partition coefficient (Wildman–Crippen LogP) is 1.51. The van der Waals surface area contributed by atoms with E-state index in [9.17, 15) is 0 Å². The van der Waals surface area contributed by atoms with Crippen LogP contribution in [0.25, 0.3) is 0 Å². The first-order valence-electron chi connectivity index (χ1n) is 5.65. The van der Waals surface area contributed by atoms with Crippen LogP contribution in [0.3, 0.4) is 0 Å². The molecule has 1 aliphatic rings. The molecule has 1 aliphatic carbocycles. The summed E-state index contributed by atoms with van der Waals surface area (Å²) in [5.41, 5.74) is 0. The number of hydrogen-bond donors (Lipinski definition) is 1. The summed E-state index contributed by atoms with van der Waals surface area (Å²) in [5, 5.41) is 3.41. The summed E-state index contributed by atoms with van der Waals surface area (Å²) in [4.78, 5) is 0. The van der Waals surface area contributed by atoms with E-state index in [4.69, 9.17) is 9.47 Å². The molecule has 1 rings (SSSR count). The molecule has 0 amide bonds. The van der Waals surface area contributed by atoms with E-state index in [2.05, 4.69) is 29.6 Å². The number of rotatable bonds is 8. The Balaban J connectivity index is 1.84. The highest BCUT2D eigenvalue weighted by atomic mass is 16.5. The molecule has 1 atom stereocenters. The maximum Gasteiger partial charge on any atom is 0.0701 e. The molecule has 0 saturated carbocycles. The molecule has 0 aliphatic heterocycles. The van der Waals surface area contributed by atoms with E-state index >= 15 is 0 Å². The van der Waals surface area contributed by atoms with Gasteiger partial charge in [0.25, 0.3) is 0 Å². The monoisotopic (exact) mass is 211 g/mol. The first-order chi connectivity index (χ1) is 7.43. The number of hydrogen-bond acceptors (Lipinski definition) is 3. The van der Waals surface area contributed by atoms with Crippen molar-refractivity contribution in [3.8, 4) is 0 Å². The molecule has 0 saturated heterocycles. The Kier molecular flexibility index (Phi) is 7.17. The van der Waals surface area contributed by atoms with Crippen molar-refractivity contribution in [2.45, 2.75) is 19.4 Å². The Hall–Kier alpha value is -0.640. The van der Waals surface area contributed by atoms with Gasteiger partial charge in [-0.2, -0.15) is 0 Å². The fourth-order valence-corrected chi connectivity index (χ4v) is 1.41. The van der Waals surface area contributed by atoms with Gasteiger partial charge in [-0.3, -0.25) is 0 Å². The molecule has 86 valence electrons. The van der Waals surface area contributed by atoms with Gasteiger partial charge in [0.2, 0.25) is 0 Å². The molecular formula is C12H21NO2. The van der Waals surface area contributed by atoms with Crippen LogP contribution in [0.5, 0.6) is 0 Å². The van der Waals surface area contributed by atoms with Crippen molar-refractivity contribution >= 4 is 0 Å². The molecule has 0 heterocycles. The van der Waals surface area contributed by atoms with Gasteiger partial charge in [-0.25, -0.2) is 0 Å². The average molecular weight is 211 g/mol. The molecule has 0 bridgehead atoms. The lowest BCUT2D eigenvalue weighted by Gasteiger charge is -2.14. The number of ether oxygens (including phenoxy) is 2. The predicted molar refractivity (Wildman–Crippen MR) is 62.0 cm³/mol. The van der Waals surface area contributed by atoms with Crippen molar-refractivity contribution in [3.05, 3.63) is 24.3 Å². The van der Waals surface area contributed by atoms with Gasteiger partial charge in [-0.05, 0) is 13.3 Å². The van der Waals surface area contributed by atoms with Gasteiger partial charge in [-0.1, -0.05) is 24.3 Å². The summed E-state index contributed by atoms with van der Waals surface area (Å²) in [6, 6.07) is 0.477. The van der Waals surface area contributed by atoms with Crippen molar-refractivity contribution < 1.29 is 9.47 Å². The number of nitrogens with one attached hydrogen (secondary N) is 1. The van der Waals surface area contributed by atoms with Gasteiger partial charge < -0.3 is 14.8 Å². The second kappa shape index (κ2) is 8.65. The van der Waals surface area contributed by atoms with E-state index in [0.29, 0.717) is 19.3 Å². The van der Waals surface area contributed by atoms with Crippen LogP contribution in [-0.2, 0) is 9.47 Å². The summed E-state index contributed by atoms with van der Waals surface area (Å²) >= 11 is 0. The van der Waals surface area contributed by atoms with Crippen molar-refractivity contribution in [3.63, 3.8) is 0 Å². The van der Waals surface area contributed by atoms with Gasteiger partial charge in [0.1, 0.15) is 0 Å².